The highest BCUT2D eigenvalue weighted by Gasteiger charge is 2.52. The van der Waals surface area contributed by atoms with E-state index < -0.39 is 12.4 Å². The van der Waals surface area contributed by atoms with Gasteiger partial charge in [-0.3, -0.25) is 9.59 Å². The van der Waals surface area contributed by atoms with Crippen molar-refractivity contribution in [3.05, 3.63) is 23.8 Å². The summed E-state index contributed by atoms with van der Waals surface area (Å²) in [6.07, 6.45) is 10.8. The fourth-order valence-electron chi connectivity index (χ4n) is 10.4. The number of cyclic esters (lactones) is 1. The second-order valence-corrected chi connectivity index (χ2v) is 16.5. The highest BCUT2D eigenvalue weighted by Crippen LogP contribution is 2.54. The van der Waals surface area contributed by atoms with E-state index in [2.05, 4.69) is 51.1 Å². The van der Waals surface area contributed by atoms with Gasteiger partial charge in [0.05, 0.1) is 30.8 Å². The maximum absolute atomic E-state index is 14.7. The molecular formula is C41H65NO10. The molecule has 0 aromatic carbocycles. The minimum Gasteiger partial charge on any atom is -0.462 e. The lowest BCUT2D eigenvalue weighted by molar-refractivity contribution is -0.314. The van der Waals surface area contributed by atoms with Crippen molar-refractivity contribution in [2.75, 3.05) is 35.4 Å². The molecule has 294 valence electrons. The molecular weight excluding hydrogens is 666 g/mol. The number of rotatable bonds is 9. The molecule has 0 N–H and O–H groups in total. The first-order chi connectivity index (χ1) is 25.0. The zero-order chi connectivity index (χ0) is 37.3. The first-order valence-electron chi connectivity index (χ1n) is 20.0. The van der Waals surface area contributed by atoms with Crippen LogP contribution in [0.15, 0.2) is 23.8 Å². The van der Waals surface area contributed by atoms with E-state index in [1.54, 1.807) is 21.3 Å². The molecule has 0 radical (unpaired) electrons. The van der Waals surface area contributed by atoms with Gasteiger partial charge in [0.2, 0.25) is 0 Å². The number of likely N-dealkylation sites (N-methyl/N-ethyl adjacent to an activating group) is 1. The number of ether oxygens (including phenoxy) is 8. The molecule has 3 aliphatic heterocycles. The molecule has 0 spiro atoms. The summed E-state index contributed by atoms with van der Waals surface area (Å²) in [6.45, 7) is 8.17. The number of Topliss-reactive ketones (excluding diaryl/α,β-unsaturated/α-hetero) is 1. The van der Waals surface area contributed by atoms with E-state index in [4.69, 9.17) is 37.9 Å². The molecule has 11 nitrogen and oxygen atoms in total. The van der Waals surface area contributed by atoms with Crippen molar-refractivity contribution in [2.45, 2.75) is 153 Å². The SMILES string of the molecule is CC[C@@H]1CCC[C@H](O[C@H]2CC[C@H](N(C)C)[C@@H](C)O2)[C@@H](C)C(=O)C2=C[C@@H]3[C@@H](C=C[C@@H]4C[C@@H](O[C@@H]5O[C@@H](C)[C@H](OC)[C@@H](OC)[C@H]5OC)C[C@@H]34)[C@@H]2CC(=O)O1. The summed E-state index contributed by atoms with van der Waals surface area (Å²) in [5.41, 5.74) is 0.763. The molecule has 0 amide bonds. The van der Waals surface area contributed by atoms with E-state index in [0.717, 1.165) is 50.5 Å². The van der Waals surface area contributed by atoms with Gasteiger partial charge in [-0.25, -0.2) is 0 Å². The summed E-state index contributed by atoms with van der Waals surface area (Å²) in [6, 6.07) is 0.339. The van der Waals surface area contributed by atoms with E-state index in [1.165, 1.54) is 0 Å². The number of hydrogen-bond donors (Lipinski definition) is 0. The van der Waals surface area contributed by atoms with Crippen molar-refractivity contribution in [3.8, 4) is 0 Å². The number of nitrogens with zero attached hydrogens (tertiary/aromatic N) is 1. The largest absolute Gasteiger partial charge is 0.462 e. The van der Waals surface area contributed by atoms with E-state index in [-0.39, 0.29) is 96.8 Å². The molecule has 52 heavy (non-hydrogen) atoms. The third kappa shape index (κ3) is 8.27. The Bertz CT molecular complexity index is 1290. The summed E-state index contributed by atoms with van der Waals surface area (Å²) in [4.78, 5) is 30.4. The van der Waals surface area contributed by atoms with Crippen LogP contribution in [-0.2, 0) is 47.5 Å². The van der Waals surface area contributed by atoms with Crippen molar-refractivity contribution in [1.29, 1.82) is 0 Å². The molecule has 11 heteroatoms. The molecule has 3 heterocycles. The van der Waals surface area contributed by atoms with Crippen molar-refractivity contribution >= 4 is 11.8 Å². The van der Waals surface area contributed by atoms with Crippen molar-refractivity contribution in [1.82, 2.24) is 4.90 Å². The Morgan fingerprint density at radius 1 is 0.827 bits per heavy atom. The Labute approximate surface area is 311 Å². The molecule has 17 atom stereocenters. The van der Waals surface area contributed by atoms with E-state index >= 15 is 0 Å². The third-order valence-corrected chi connectivity index (χ3v) is 13.3. The minimum absolute atomic E-state index is 0.0380. The normalized spacial score (nSPS) is 45.7. The Morgan fingerprint density at radius 3 is 2.25 bits per heavy atom. The molecule has 0 aromatic rings. The van der Waals surface area contributed by atoms with Crippen molar-refractivity contribution in [2.24, 2.45) is 35.5 Å². The molecule has 0 aromatic heterocycles. The topological polar surface area (TPSA) is 111 Å². The molecule has 3 aliphatic carbocycles. The van der Waals surface area contributed by atoms with Crippen LogP contribution in [0.3, 0.4) is 0 Å². The van der Waals surface area contributed by atoms with Crippen molar-refractivity contribution < 1.29 is 47.5 Å². The lowest BCUT2D eigenvalue weighted by atomic mass is 9.70. The number of hydrogen-bond acceptors (Lipinski definition) is 11. The Balaban J connectivity index is 1.20. The van der Waals surface area contributed by atoms with Crippen LogP contribution in [0.5, 0.6) is 0 Å². The van der Waals surface area contributed by atoms with E-state index in [0.29, 0.717) is 18.4 Å². The Hall–Kier alpha value is -1.70. The number of allylic oxidation sites excluding steroid dienone is 4. The number of methoxy groups -OCH3 is 3. The van der Waals surface area contributed by atoms with Gasteiger partial charge in [-0.2, -0.15) is 0 Å². The first-order valence-corrected chi connectivity index (χ1v) is 20.0. The van der Waals surface area contributed by atoms with Gasteiger partial charge in [0.15, 0.2) is 18.4 Å². The van der Waals surface area contributed by atoms with Crippen LogP contribution < -0.4 is 0 Å². The smallest absolute Gasteiger partial charge is 0.306 e. The summed E-state index contributed by atoms with van der Waals surface area (Å²) in [5, 5.41) is 0. The molecule has 4 fully saturated rings. The Kier molecular flexibility index (Phi) is 13.4. The second-order valence-electron chi connectivity index (χ2n) is 16.5. The second kappa shape index (κ2) is 17.4. The van der Waals surface area contributed by atoms with Gasteiger partial charge in [-0.05, 0) is 109 Å². The standard InChI is InChI=1S/C41H65NO10/c1-10-26-12-11-13-34(52-36-17-16-33(42(5)6)23(3)48-36)22(2)37(44)32-20-30-28(31(32)21-35(43)50-26)15-14-25-18-27(19-29(25)30)51-41-40(47-9)39(46-8)38(45-7)24(4)49-41/h14-15,20,22-31,33-34,36,38-41H,10-13,16-19,21H2,1-9H3/t22-,23-,24+,25-,26-,27-,28-,29-,30-,31+,33+,34+,36+,38+,39-,40-,41+/m1/s1. The maximum Gasteiger partial charge on any atom is 0.306 e. The summed E-state index contributed by atoms with van der Waals surface area (Å²) < 4.78 is 49.5. The number of carbonyl (C=O) groups is 2. The van der Waals surface area contributed by atoms with Gasteiger partial charge < -0.3 is 42.8 Å². The summed E-state index contributed by atoms with van der Waals surface area (Å²) >= 11 is 0. The van der Waals surface area contributed by atoms with Crippen LogP contribution in [0.2, 0.25) is 0 Å². The average molecular weight is 732 g/mol. The highest BCUT2D eigenvalue weighted by atomic mass is 16.7. The van der Waals surface area contributed by atoms with Crippen LogP contribution in [0.1, 0.15) is 85.5 Å². The fourth-order valence-corrected chi connectivity index (χ4v) is 10.4. The number of ketones is 1. The van der Waals surface area contributed by atoms with Crippen LogP contribution >= 0.6 is 0 Å². The number of fused-ring (bicyclic) bond motifs is 5. The van der Waals surface area contributed by atoms with E-state index in [1.807, 2.05) is 13.8 Å². The van der Waals surface area contributed by atoms with Gasteiger partial charge in [-0.15, -0.1) is 0 Å². The third-order valence-electron chi connectivity index (χ3n) is 13.3. The molecule has 1 saturated carbocycles. The van der Waals surface area contributed by atoms with Gasteiger partial charge in [0, 0.05) is 39.2 Å². The van der Waals surface area contributed by atoms with Crippen LogP contribution in [-0.4, -0.2) is 120 Å². The molecule has 6 rings (SSSR count). The lowest BCUT2D eigenvalue weighted by Crippen LogP contribution is -2.59. The van der Waals surface area contributed by atoms with Crippen molar-refractivity contribution in [3.63, 3.8) is 0 Å². The van der Waals surface area contributed by atoms with E-state index in [9.17, 15) is 9.59 Å². The summed E-state index contributed by atoms with van der Waals surface area (Å²) in [5.74, 6) is 0.0198. The zero-order valence-electron chi connectivity index (χ0n) is 32.9. The number of esters is 1. The predicted molar refractivity (Wildman–Crippen MR) is 194 cm³/mol. The molecule has 0 bridgehead atoms. The first kappa shape index (κ1) is 40.0. The van der Waals surface area contributed by atoms with Gasteiger partial charge in [0.25, 0.3) is 0 Å². The molecule has 3 saturated heterocycles. The fraction of sp³-hybridized carbons (Fsp3) is 0.854. The highest BCUT2D eigenvalue weighted by molar-refractivity contribution is 5.99. The molecule has 0 unspecified atom stereocenters. The van der Waals surface area contributed by atoms with Crippen LogP contribution in [0, 0.1) is 35.5 Å². The van der Waals surface area contributed by atoms with Crippen LogP contribution in [0.25, 0.3) is 0 Å². The predicted octanol–water partition coefficient (Wildman–Crippen LogP) is 5.49. The maximum atomic E-state index is 14.7. The molecule has 6 aliphatic rings. The monoisotopic (exact) mass is 731 g/mol. The average Bonchev–Trinajstić information content (AvgIpc) is 3.70. The Morgan fingerprint density at radius 2 is 1.58 bits per heavy atom. The van der Waals surface area contributed by atoms with Gasteiger partial charge in [-0.1, -0.05) is 32.1 Å². The van der Waals surface area contributed by atoms with Gasteiger partial charge in [0.1, 0.15) is 24.4 Å². The van der Waals surface area contributed by atoms with Gasteiger partial charge >= 0.3 is 5.97 Å². The minimum atomic E-state index is -0.594. The lowest BCUT2D eigenvalue weighted by Gasteiger charge is -2.44. The zero-order valence-corrected chi connectivity index (χ0v) is 32.9. The quantitative estimate of drug-likeness (QED) is 0.222. The summed E-state index contributed by atoms with van der Waals surface area (Å²) in [7, 11) is 9.15. The van der Waals surface area contributed by atoms with Crippen LogP contribution in [0.4, 0.5) is 0 Å². The number of carbonyl (C=O) groups excluding carboxylic acids is 2.